The van der Waals surface area contributed by atoms with E-state index in [-0.39, 0.29) is 16.7 Å². The van der Waals surface area contributed by atoms with Crippen molar-refractivity contribution in [2.24, 2.45) is 0 Å². The monoisotopic (exact) mass is 300 g/mol. The van der Waals surface area contributed by atoms with Crippen molar-refractivity contribution in [3.63, 3.8) is 0 Å². The molecule has 2 aromatic rings. The molecule has 0 amide bonds. The number of ether oxygens (including phenoxy) is 1. The van der Waals surface area contributed by atoms with E-state index in [0.717, 1.165) is 0 Å². The highest BCUT2D eigenvalue weighted by molar-refractivity contribution is 5.99. The van der Waals surface area contributed by atoms with E-state index in [1.54, 1.807) is 12.1 Å². The van der Waals surface area contributed by atoms with Gasteiger partial charge in [0.15, 0.2) is 0 Å². The van der Waals surface area contributed by atoms with E-state index in [2.05, 4.69) is 4.74 Å². The Balaban J connectivity index is 2.54. The van der Waals surface area contributed by atoms with Gasteiger partial charge < -0.3 is 14.9 Å². The van der Waals surface area contributed by atoms with Gasteiger partial charge in [0, 0.05) is 0 Å². The molecule has 0 aliphatic heterocycles. The molecule has 0 atom stereocenters. The van der Waals surface area contributed by atoms with Crippen molar-refractivity contribution in [2.45, 2.75) is 0 Å². The zero-order valence-corrected chi connectivity index (χ0v) is 11.6. The van der Waals surface area contributed by atoms with Gasteiger partial charge in [0.2, 0.25) is 0 Å². The summed E-state index contributed by atoms with van der Waals surface area (Å²) in [5.41, 5.74) is 1.04. The van der Waals surface area contributed by atoms with Gasteiger partial charge in [-0.3, -0.25) is 0 Å². The fraction of sp³-hybridized carbons (Fsp3) is 0.0625. The van der Waals surface area contributed by atoms with E-state index in [1.165, 1.54) is 37.4 Å². The summed E-state index contributed by atoms with van der Waals surface area (Å²) >= 11 is 0. The molecule has 0 heterocycles. The number of methoxy groups -OCH3 is 1. The Hall–Kier alpha value is -3.15. The van der Waals surface area contributed by atoms with Gasteiger partial charge in [0.1, 0.15) is 0 Å². The van der Waals surface area contributed by atoms with Crippen molar-refractivity contribution >= 4 is 17.9 Å². The second kappa shape index (κ2) is 6.09. The van der Waals surface area contributed by atoms with Crippen LogP contribution in [0.5, 0.6) is 0 Å². The van der Waals surface area contributed by atoms with Gasteiger partial charge in [-0.1, -0.05) is 12.1 Å². The number of carboxylic acid groups (broad SMARTS) is 2. The van der Waals surface area contributed by atoms with Crippen molar-refractivity contribution in [3.05, 3.63) is 59.2 Å². The number of carboxylic acids is 2. The Bertz CT molecular complexity index is 746. The summed E-state index contributed by atoms with van der Waals surface area (Å²) < 4.78 is 4.58. The van der Waals surface area contributed by atoms with E-state index in [1.807, 2.05) is 0 Å². The Labute approximate surface area is 125 Å². The predicted molar refractivity (Wildman–Crippen MR) is 77.1 cm³/mol. The Morgan fingerprint density at radius 3 is 1.95 bits per heavy atom. The summed E-state index contributed by atoms with van der Waals surface area (Å²) in [7, 11) is 1.26. The molecule has 6 heteroatoms. The van der Waals surface area contributed by atoms with E-state index >= 15 is 0 Å². The standard InChI is InChI=1S/C16H12O6/c1-22-16(21)10-4-2-9(3-5-10)13-8-11(14(17)18)6-7-12(13)15(19)20/h2-8H,1H3,(H,17,18)(H,19,20). The topological polar surface area (TPSA) is 101 Å². The molecule has 0 bridgehead atoms. The molecular weight excluding hydrogens is 288 g/mol. The fourth-order valence-electron chi connectivity index (χ4n) is 2.01. The summed E-state index contributed by atoms with van der Waals surface area (Å²) in [5.74, 6) is -2.82. The number of carbonyl (C=O) groups excluding carboxylic acids is 1. The van der Waals surface area contributed by atoms with Crippen LogP contribution in [0, 0.1) is 0 Å². The highest BCUT2D eigenvalue weighted by atomic mass is 16.5. The minimum absolute atomic E-state index is 0.0166. The number of rotatable bonds is 4. The second-order valence-electron chi connectivity index (χ2n) is 4.44. The van der Waals surface area contributed by atoms with Gasteiger partial charge in [-0.2, -0.15) is 0 Å². The molecule has 0 spiro atoms. The molecule has 22 heavy (non-hydrogen) atoms. The molecule has 2 aromatic carbocycles. The lowest BCUT2D eigenvalue weighted by molar-refractivity contribution is 0.0599. The number of carbonyl (C=O) groups is 3. The van der Waals surface area contributed by atoms with Gasteiger partial charge >= 0.3 is 17.9 Å². The largest absolute Gasteiger partial charge is 0.478 e. The van der Waals surface area contributed by atoms with E-state index < -0.39 is 17.9 Å². The van der Waals surface area contributed by atoms with Gasteiger partial charge in [-0.05, 0) is 41.5 Å². The van der Waals surface area contributed by atoms with E-state index in [0.29, 0.717) is 11.1 Å². The summed E-state index contributed by atoms with van der Waals surface area (Å²) in [6.07, 6.45) is 0. The molecule has 0 saturated heterocycles. The van der Waals surface area contributed by atoms with Crippen molar-refractivity contribution < 1.29 is 29.3 Å². The lowest BCUT2D eigenvalue weighted by Gasteiger charge is -2.08. The molecule has 0 unspecified atom stereocenters. The van der Waals surface area contributed by atoms with Crippen LogP contribution in [0.2, 0.25) is 0 Å². The third-order valence-corrected chi connectivity index (χ3v) is 3.11. The van der Waals surface area contributed by atoms with Crippen molar-refractivity contribution in [1.82, 2.24) is 0 Å². The van der Waals surface area contributed by atoms with E-state index in [9.17, 15) is 19.5 Å². The number of hydrogen-bond acceptors (Lipinski definition) is 4. The van der Waals surface area contributed by atoms with Crippen LogP contribution in [0.15, 0.2) is 42.5 Å². The zero-order valence-electron chi connectivity index (χ0n) is 11.6. The van der Waals surface area contributed by atoms with Crippen molar-refractivity contribution in [2.75, 3.05) is 7.11 Å². The Morgan fingerprint density at radius 1 is 0.864 bits per heavy atom. The second-order valence-corrected chi connectivity index (χ2v) is 4.44. The average molecular weight is 300 g/mol. The van der Waals surface area contributed by atoms with Gasteiger partial charge in [-0.15, -0.1) is 0 Å². The van der Waals surface area contributed by atoms with E-state index in [4.69, 9.17) is 5.11 Å². The first-order valence-electron chi connectivity index (χ1n) is 6.23. The number of hydrogen-bond donors (Lipinski definition) is 2. The van der Waals surface area contributed by atoms with Crippen LogP contribution in [0.3, 0.4) is 0 Å². The van der Waals surface area contributed by atoms with Crippen LogP contribution in [-0.4, -0.2) is 35.2 Å². The van der Waals surface area contributed by atoms with Crippen LogP contribution in [0.4, 0.5) is 0 Å². The maximum Gasteiger partial charge on any atom is 0.337 e. The van der Waals surface area contributed by atoms with Crippen LogP contribution in [-0.2, 0) is 4.74 Å². The van der Waals surface area contributed by atoms with Crippen LogP contribution >= 0.6 is 0 Å². The molecule has 112 valence electrons. The fourth-order valence-corrected chi connectivity index (χ4v) is 2.01. The number of aromatic carboxylic acids is 2. The summed E-state index contributed by atoms with van der Waals surface area (Å²) in [5, 5.41) is 18.2. The molecule has 0 saturated carbocycles. The first-order valence-corrected chi connectivity index (χ1v) is 6.23. The Morgan fingerprint density at radius 2 is 1.45 bits per heavy atom. The molecule has 0 aliphatic rings. The highest BCUT2D eigenvalue weighted by Gasteiger charge is 2.15. The first-order chi connectivity index (χ1) is 10.4. The Kier molecular flexibility index (Phi) is 4.22. The minimum Gasteiger partial charge on any atom is -0.478 e. The van der Waals surface area contributed by atoms with Crippen LogP contribution in [0.1, 0.15) is 31.1 Å². The molecular formula is C16H12O6. The molecule has 0 aromatic heterocycles. The summed E-state index contributed by atoms with van der Waals surface area (Å²) in [6.45, 7) is 0. The van der Waals surface area contributed by atoms with Gasteiger partial charge in [-0.25, -0.2) is 14.4 Å². The van der Waals surface area contributed by atoms with Gasteiger partial charge in [0.25, 0.3) is 0 Å². The normalized spacial score (nSPS) is 10.0. The molecule has 0 fully saturated rings. The molecule has 0 aliphatic carbocycles. The molecule has 2 N–H and O–H groups in total. The number of benzene rings is 2. The van der Waals surface area contributed by atoms with Crippen LogP contribution in [0.25, 0.3) is 11.1 Å². The first kappa shape index (κ1) is 15.2. The van der Waals surface area contributed by atoms with Crippen molar-refractivity contribution in [3.8, 4) is 11.1 Å². The zero-order chi connectivity index (χ0) is 16.3. The van der Waals surface area contributed by atoms with Crippen LogP contribution < -0.4 is 0 Å². The third kappa shape index (κ3) is 2.95. The minimum atomic E-state index is -1.16. The highest BCUT2D eigenvalue weighted by Crippen LogP contribution is 2.26. The third-order valence-electron chi connectivity index (χ3n) is 3.11. The molecule has 2 rings (SSSR count). The lowest BCUT2D eigenvalue weighted by Crippen LogP contribution is -2.04. The SMILES string of the molecule is COC(=O)c1ccc(-c2cc(C(=O)O)ccc2C(=O)O)cc1. The number of esters is 1. The average Bonchev–Trinajstić information content (AvgIpc) is 2.53. The van der Waals surface area contributed by atoms with Crippen molar-refractivity contribution in [1.29, 1.82) is 0 Å². The molecule has 6 nitrogen and oxygen atoms in total. The lowest BCUT2D eigenvalue weighted by atomic mass is 9.96. The maximum absolute atomic E-state index is 11.4. The smallest absolute Gasteiger partial charge is 0.337 e. The quantitative estimate of drug-likeness (QED) is 0.841. The molecule has 0 radical (unpaired) electrons. The van der Waals surface area contributed by atoms with Gasteiger partial charge in [0.05, 0.1) is 23.8 Å². The maximum atomic E-state index is 11.4. The predicted octanol–water partition coefficient (Wildman–Crippen LogP) is 2.54. The summed E-state index contributed by atoms with van der Waals surface area (Å²) in [4.78, 5) is 33.7. The summed E-state index contributed by atoms with van der Waals surface area (Å²) in [6, 6.07) is 9.83.